The van der Waals surface area contributed by atoms with Gasteiger partial charge in [0.15, 0.2) is 6.10 Å². The van der Waals surface area contributed by atoms with Gasteiger partial charge in [0, 0.05) is 25.0 Å². The number of nitrogens with one attached hydrogen (secondary N) is 1. The monoisotopic (exact) mass is 404 g/mol. The first-order chi connectivity index (χ1) is 13.6. The highest BCUT2D eigenvalue weighted by atomic mass is 16.5. The van der Waals surface area contributed by atoms with Crippen molar-refractivity contribution in [2.24, 2.45) is 11.3 Å². The van der Waals surface area contributed by atoms with Crippen molar-refractivity contribution in [2.45, 2.75) is 53.2 Å². The smallest absolute Gasteiger partial charge is 0.309 e. The van der Waals surface area contributed by atoms with Crippen molar-refractivity contribution in [3.05, 3.63) is 29.8 Å². The lowest BCUT2D eigenvalue weighted by Gasteiger charge is -2.35. The highest BCUT2D eigenvalue weighted by Crippen LogP contribution is 2.24. The Kier molecular flexibility index (Phi) is 7.65. The fourth-order valence-corrected chi connectivity index (χ4v) is 3.19. The van der Waals surface area contributed by atoms with E-state index in [4.69, 9.17) is 9.47 Å². The second kappa shape index (κ2) is 9.76. The number of nitrogens with zero attached hydrogens (tertiary/aromatic N) is 1. The number of hydrogen-bond acceptors (Lipinski definition) is 5. The van der Waals surface area contributed by atoms with E-state index < -0.39 is 11.5 Å². The van der Waals surface area contributed by atoms with Gasteiger partial charge in [-0.15, -0.1) is 0 Å². The molecule has 1 N–H and O–H groups in total. The van der Waals surface area contributed by atoms with E-state index in [9.17, 15) is 14.4 Å². The molecule has 29 heavy (non-hydrogen) atoms. The molecular formula is C22H32N2O5. The van der Waals surface area contributed by atoms with Crippen molar-refractivity contribution in [2.75, 3.05) is 20.2 Å². The van der Waals surface area contributed by atoms with Crippen molar-refractivity contribution in [3.8, 4) is 5.75 Å². The van der Waals surface area contributed by atoms with Gasteiger partial charge in [-0.25, -0.2) is 0 Å². The summed E-state index contributed by atoms with van der Waals surface area (Å²) in [6.45, 7) is 8.66. The lowest BCUT2D eigenvalue weighted by atomic mass is 9.91. The zero-order chi connectivity index (χ0) is 21.6. The summed E-state index contributed by atoms with van der Waals surface area (Å²) in [5.74, 6) is -0.154. The Morgan fingerprint density at radius 2 is 1.72 bits per heavy atom. The van der Waals surface area contributed by atoms with Crippen molar-refractivity contribution in [3.63, 3.8) is 0 Å². The van der Waals surface area contributed by atoms with Gasteiger partial charge >= 0.3 is 5.97 Å². The third-order valence-electron chi connectivity index (χ3n) is 5.05. The molecule has 0 bridgehead atoms. The molecule has 1 aliphatic heterocycles. The molecule has 0 saturated carbocycles. The number of methoxy groups -OCH3 is 1. The molecular weight excluding hydrogens is 372 g/mol. The van der Waals surface area contributed by atoms with Crippen LogP contribution in [0.3, 0.4) is 0 Å². The van der Waals surface area contributed by atoms with Crippen molar-refractivity contribution in [1.29, 1.82) is 0 Å². The minimum atomic E-state index is -0.866. The summed E-state index contributed by atoms with van der Waals surface area (Å²) < 4.78 is 10.5. The minimum absolute atomic E-state index is 0.0931. The molecule has 0 radical (unpaired) electrons. The van der Waals surface area contributed by atoms with Gasteiger partial charge in [-0.3, -0.25) is 14.4 Å². The highest BCUT2D eigenvalue weighted by Gasteiger charge is 2.33. The predicted octanol–water partition coefficient (Wildman–Crippen LogP) is 2.53. The van der Waals surface area contributed by atoms with Crippen LogP contribution in [0.1, 0.15) is 46.1 Å². The Hall–Kier alpha value is -2.57. The SMILES string of the molecule is COc1ccc(CNC(=O)C(C)OC(=O)C2CCN(C(=O)C(C)(C)C)CC2)cc1. The number of benzene rings is 1. The van der Waals surface area contributed by atoms with Crippen LogP contribution in [-0.4, -0.2) is 49.0 Å². The second-order valence-corrected chi connectivity index (χ2v) is 8.46. The highest BCUT2D eigenvalue weighted by molar-refractivity contribution is 5.84. The van der Waals surface area contributed by atoms with E-state index in [1.807, 2.05) is 45.0 Å². The first-order valence-corrected chi connectivity index (χ1v) is 10.0. The molecule has 1 heterocycles. The lowest BCUT2D eigenvalue weighted by Crippen LogP contribution is -2.46. The summed E-state index contributed by atoms with van der Waals surface area (Å²) in [4.78, 5) is 38.8. The normalized spacial score (nSPS) is 16.1. The lowest BCUT2D eigenvalue weighted by molar-refractivity contribution is -0.161. The Bertz CT molecular complexity index is 716. The first-order valence-electron chi connectivity index (χ1n) is 10.0. The molecule has 1 unspecified atom stereocenters. The van der Waals surface area contributed by atoms with Crippen molar-refractivity contribution in [1.82, 2.24) is 10.2 Å². The molecule has 1 aliphatic rings. The Morgan fingerprint density at radius 3 is 2.24 bits per heavy atom. The van der Waals surface area contributed by atoms with Crippen LogP contribution in [-0.2, 0) is 25.7 Å². The Balaban J connectivity index is 1.76. The summed E-state index contributed by atoms with van der Waals surface area (Å²) in [5.41, 5.74) is 0.498. The maximum atomic E-state index is 12.4. The number of likely N-dealkylation sites (tertiary alicyclic amines) is 1. The number of rotatable bonds is 6. The summed E-state index contributed by atoms with van der Waals surface area (Å²) >= 11 is 0. The standard InChI is InChI=1S/C22H32N2O5/c1-15(19(25)23-14-16-6-8-18(28-5)9-7-16)29-20(26)17-10-12-24(13-11-17)21(27)22(2,3)4/h6-9,15,17H,10-14H2,1-5H3,(H,23,25). The van der Waals surface area contributed by atoms with E-state index in [2.05, 4.69) is 5.32 Å². The van der Waals surface area contributed by atoms with Crippen LogP contribution in [0.2, 0.25) is 0 Å². The molecule has 0 aromatic heterocycles. The van der Waals surface area contributed by atoms with E-state index in [1.165, 1.54) is 0 Å². The minimum Gasteiger partial charge on any atom is -0.497 e. The van der Waals surface area contributed by atoms with E-state index in [1.54, 1.807) is 18.9 Å². The topological polar surface area (TPSA) is 84.9 Å². The average Bonchev–Trinajstić information content (AvgIpc) is 2.71. The van der Waals surface area contributed by atoms with Crippen LogP contribution < -0.4 is 10.1 Å². The van der Waals surface area contributed by atoms with Gasteiger partial charge in [-0.2, -0.15) is 0 Å². The summed E-state index contributed by atoms with van der Waals surface area (Å²) in [5, 5.41) is 2.77. The Morgan fingerprint density at radius 1 is 1.14 bits per heavy atom. The van der Waals surface area contributed by atoms with Gasteiger partial charge in [-0.05, 0) is 37.5 Å². The Labute approximate surface area is 172 Å². The van der Waals surface area contributed by atoms with Gasteiger partial charge in [0.1, 0.15) is 5.75 Å². The predicted molar refractivity (Wildman–Crippen MR) is 109 cm³/mol. The van der Waals surface area contributed by atoms with Gasteiger partial charge in [0.25, 0.3) is 5.91 Å². The summed E-state index contributed by atoms with van der Waals surface area (Å²) in [6.07, 6.45) is 0.247. The number of carbonyl (C=O) groups excluding carboxylic acids is 3. The average molecular weight is 405 g/mol. The third kappa shape index (κ3) is 6.48. The summed E-state index contributed by atoms with van der Waals surface area (Å²) in [6, 6.07) is 7.37. The van der Waals surface area contributed by atoms with E-state index in [-0.39, 0.29) is 23.7 Å². The largest absolute Gasteiger partial charge is 0.497 e. The molecule has 1 saturated heterocycles. The molecule has 1 aromatic carbocycles. The molecule has 2 rings (SSSR count). The molecule has 7 nitrogen and oxygen atoms in total. The number of amides is 2. The van der Waals surface area contributed by atoms with E-state index >= 15 is 0 Å². The van der Waals surface area contributed by atoms with Gasteiger partial charge in [-0.1, -0.05) is 32.9 Å². The van der Waals surface area contributed by atoms with Crippen molar-refractivity contribution >= 4 is 17.8 Å². The van der Waals surface area contributed by atoms with Gasteiger partial charge in [0.2, 0.25) is 5.91 Å². The van der Waals surface area contributed by atoms with Crippen LogP contribution in [0.5, 0.6) is 5.75 Å². The molecule has 0 aliphatic carbocycles. The second-order valence-electron chi connectivity index (χ2n) is 8.46. The number of hydrogen-bond donors (Lipinski definition) is 1. The molecule has 1 aromatic rings. The molecule has 0 spiro atoms. The van der Waals surface area contributed by atoms with Crippen LogP contribution in [0.15, 0.2) is 24.3 Å². The fourth-order valence-electron chi connectivity index (χ4n) is 3.19. The van der Waals surface area contributed by atoms with Crippen molar-refractivity contribution < 1.29 is 23.9 Å². The number of esters is 1. The van der Waals surface area contributed by atoms with E-state index in [0.29, 0.717) is 32.5 Å². The maximum Gasteiger partial charge on any atom is 0.309 e. The number of carbonyl (C=O) groups is 3. The first kappa shape index (κ1) is 22.7. The molecule has 1 fully saturated rings. The van der Waals surface area contributed by atoms with Crippen LogP contribution in [0.4, 0.5) is 0 Å². The molecule has 2 amide bonds. The quantitative estimate of drug-likeness (QED) is 0.737. The molecule has 1 atom stereocenters. The fraction of sp³-hybridized carbons (Fsp3) is 0.591. The zero-order valence-electron chi connectivity index (χ0n) is 18.0. The van der Waals surface area contributed by atoms with Crippen LogP contribution in [0, 0.1) is 11.3 Å². The maximum absolute atomic E-state index is 12.4. The third-order valence-corrected chi connectivity index (χ3v) is 5.05. The zero-order valence-corrected chi connectivity index (χ0v) is 18.0. The van der Waals surface area contributed by atoms with Crippen LogP contribution >= 0.6 is 0 Å². The van der Waals surface area contributed by atoms with Gasteiger partial charge in [0.05, 0.1) is 13.0 Å². The van der Waals surface area contributed by atoms with Gasteiger partial charge < -0.3 is 19.7 Å². The summed E-state index contributed by atoms with van der Waals surface area (Å²) in [7, 11) is 1.60. The molecule has 160 valence electrons. The molecule has 7 heteroatoms. The van der Waals surface area contributed by atoms with E-state index in [0.717, 1.165) is 11.3 Å². The number of ether oxygens (including phenoxy) is 2. The van der Waals surface area contributed by atoms with Crippen LogP contribution in [0.25, 0.3) is 0 Å². The number of piperidine rings is 1.